The van der Waals surface area contributed by atoms with Crippen molar-refractivity contribution in [3.8, 4) is 5.69 Å². The molecule has 2 aromatic rings. The zero-order valence-electron chi connectivity index (χ0n) is 18.5. The van der Waals surface area contributed by atoms with Crippen LogP contribution in [-0.4, -0.2) is 48.2 Å². The lowest BCUT2D eigenvalue weighted by atomic mass is 10.0. The summed E-state index contributed by atoms with van der Waals surface area (Å²) in [4.78, 5) is 27.4. The van der Waals surface area contributed by atoms with Crippen LogP contribution in [0.25, 0.3) is 11.8 Å². The molecule has 0 unspecified atom stereocenters. The second-order valence-electron chi connectivity index (χ2n) is 7.33. The van der Waals surface area contributed by atoms with Gasteiger partial charge in [0.15, 0.2) is 0 Å². The van der Waals surface area contributed by atoms with Gasteiger partial charge >= 0.3 is 5.97 Å². The molecule has 0 bridgehead atoms. The first kappa shape index (κ1) is 22.5. The lowest BCUT2D eigenvalue weighted by Gasteiger charge is -2.16. The summed E-state index contributed by atoms with van der Waals surface area (Å²) < 4.78 is 25.7. The zero-order chi connectivity index (χ0) is 22.7. The summed E-state index contributed by atoms with van der Waals surface area (Å²) in [5.74, 6) is -1.09. The largest absolute Gasteiger partial charge is 0.462 e. The molecule has 0 atom stereocenters. The second-order valence-corrected chi connectivity index (χ2v) is 7.33. The molecule has 0 N–H and O–H groups in total. The zero-order valence-corrected chi connectivity index (χ0v) is 18.5. The van der Waals surface area contributed by atoms with Crippen LogP contribution in [0.5, 0.6) is 0 Å². The van der Waals surface area contributed by atoms with Gasteiger partial charge in [-0.05, 0) is 69.7 Å². The number of rotatable bonds is 7. The molecule has 164 valence electrons. The number of benzene rings is 1. The molecule has 0 saturated heterocycles. The molecule has 1 amide bonds. The number of hydrogen-bond donors (Lipinski definition) is 0. The highest BCUT2D eigenvalue weighted by molar-refractivity contribution is 6.16. The van der Waals surface area contributed by atoms with E-state index in [1.807, 2.05) is 24.5 Å². The van der Waals surface area contributed by atoms with Gasteiger partial charge in [0.05, 0.1) is 24.4 Å². The summed E-state index contributed by atoms with van der Waals surface area (Å²) in [6.45, 7) is 8.24. The molecule has 31 heavy (non-hydrogen) atoms. The van der Waals surface area contributed by atoms with Gasteiger partial charge < -0.3 is 18.9 Å². The number of ether oxygens (including phenoxy) is 2. The van der Waals surface area contributed by atoms with Crippen molar-refractivity contribution in [2.45, 2.75) is 27.7 Å². The van der Waals surface area contributed by atoms with Crippen molar-refractivity contribution in [1.29, 1.82) is 0 Å². The van der Waals surface area contributed by atoms with E-state index < -0.39 is 5.97 Å². The van der Waals surface area contributed by atoms with Gasteiger partial charge in [0.25, 0.3) is 5.91 Å². The first-order valence-corrected chi connectivity index (χ1v) is 10.2. The second kappa shape index (κ2) is 9.31. The van der Waals surface area contributed by atoms with Gasteiger partial charge in [-0.1, -0.05) is 0 Å². The number of aromatic nitrogens is 1. The Morgan fingerprint density at radius 1 is 1.16 bits per heavy atom. The number of allylic oxidation sites excluding steroid dienone is 1. The first-order valence-electron chi connectivity index (χ1n) is 10.2. The number of esters is 1. The van der Waals surface area contributed by atoms with Gasteiger partial charge in [0.1, 0.15) is 5.82 Å². The molecule has 0 radical (unpaired) electrons. The van der Waals surface area contributed by atoms with E-state index >= 15 is 0 Å². The Morgan fingerprint density at radius 3 is 2.45 bits per heavy atom. The summed E-state index contributed by atoms with van der Waals surface area (Å²) in [6, 6.07) is 8.16. The van der Waals surface area contributed by atoms with Crippen LogP contribution in [0.3, 0.4) is 0 Å². The van der Waals surface area contributed by atoms with Crippen LogP contribution in [0, 0.1) is 19.7 Å². The molecular weight excluding hydrogens is 399 g/mol. The van der Waals surface area contributed by atoms with Crippen LogP contribution < -0.4 is 0 Å². The van der Waals surface area contributed by atoms with Gasteiger partial charge in [0.2, 0.25) is 0 Å². The number of aryl methyl sites for hydroxylation is 1. The van der Waals surface area contributed by atoms with Crippen LogP contribution in [0.4, 0.5) is 4.39 Å². The standard InChI is InChI=1S/C24H27FN2O4/c1-6-31-24(29)22-17(4)26(11-12-30-5)23(28)21(22)14-18-13-15(2)27(16(18)3)20-9-7-19(25)8-10-20/h7-10,13-14H,6,11-12H2,1-5H3/b21-14-. The van der Waals surface area contributed by atoms with Crippen molar-refractivity contribution in [2.75, 3.05) is 26.9 Å². The van der Waals surface area contributed by atoms with Gasteiger partial charge in [-0.25, -0.2) is 9.18 Å². The van der Waals surface area contributed by atoms with Crippen molar-refractivity contribution >= 4 is 18.0 Å². The molecule has 1 aromatic heterocycles. The minimum Gasteiger partial charge on any atom is -0.462 e. The average molecular weight is 426 g/mol. The molecule has 1 aliphatic heterocycles. The van der Waals surface area contributed by atoms with Gasteiger partial charge in [0, 0.05) is 36.4 Å². The van der Waals surface area contributed by atoms with Crippen molar-refractivity contribution in [1.82, 2.24) is 9.47 Å². The third kappa shape index (κ3) is 4.32. The highest BCUT2D eigenvalue weighted by atomic mass is 19.1. The predicted molar refractivity (Wildman–Crippen MR) is 116 cm³/mol. The van der Waals surface area contributed by atoms with Crippen LogP contribution in [0.15, 0.2) is 47.2 Å². The van der Waals surface area contributed by atoms with E-state index in [0.717, 1.165) is 22.6 Å². The van der Waals surface area contributed by atoms with Crippen LogP contribution in [0.2, 0.25) is 0 Å². The van der Waals surface area contributed by atoms with Crippen molar-refractivity contribution in [3.05, 3.63) is 69.9 Å². The number of carbonyl (C=O) groups excluding carboxylic acids is 2. The Labute approximate surface area is 181 Å². The summed E-state index contributed by atoms with van der Waals surface area (Å²) in [6.07, 6.45) is 1.73. The normalized spacial score (nSPS) is 15.4. The number of amides is 1. The third-order valence-electron chi connectivity index (χ3n) is 5.37. The molecule has 0 saturated carbocycles. The Morgan fingerprint density at radius 2 is 1.84 bits per heavy atom. The Bertz CT molecular complexity index is 1060. The van der Waals surface area contributed by atoms with E-state index in [9.17, 15) is 14.0 Å². The summed E-state index contributed by atoms with van der Waals surface area (Å²) in [5.41, 5.74) is 4.54. The van der Waals surface area contributed by atoms with Gasteiger partial charge in [-0.3, -0.25) is 4.79 Å². The minimum absolute atomic E-state index is 0.217. The smallest absolute Gasteiger partial charge is 0.340 e. The number of halogens is 1. The predicted octanol–water partition coefficient (Wildman–Crippen LogP) is 3.94. The van der Waals surface area contributed by atoms with Crippen molar-refractivity contribution in [3.63, 3.8) is 0 Å². The quantitative estimate of drug-likeness (QED) is 0.497. The van der Waals surface area contributed by atoms with Crippen molar-refractivity contribution < 1.29 is 23.5 Å². The lowest BCUT2D eigenvalue weighted by Crippen LogP contribution is -2.28. The number of hydrogen-bond acceptors (Lipinski definition) is 4. The van der Waals surface area contributed by atoms with Crippen LogP contribution >= 0.6 is 0 Å². The van der Waals surface area contributed by atoms with Crippen molar-refractivity contribution in [2.24, 2.45) is 0 Å². The molecular formula is C24H27FN2O4. The van der Waals surface area contributed by atoms with Gasteiger partial charge in [-0.15, -0.1) is 0 Å². The summed E-state index contributed by atoms with van der Waals surface area (Å²) in [7, 11) is 1.56. The number of nitrogens with zero attached hydrogens (tertiary/aromatic N) is 2. The van der Waals surface area contributed by atoms with E-state index in [-0.39, 0.29) is 23.9 Å². The molecule has 3 rings (SSSR count). The fourth-order valence-electron chi connectivity index (χ4n) is 3.86. The molecule has 7 heteroatoms. The monoisotopic (exact) mass is 426 g/mol. The Balaban J connectivity index is 2.08. The van der Waals surface area contributed by atoms with E-state index in [0.29, 0.717) is 24.4 Å². The molecule has 0 aliphatic carbocycles. The molecule has 0 fully saturated rings. The maximum atomic E-state index is 13.3. The lowest BCUT2D eigenvalue weighted by molar-refractivity contribution is -0.138. The highest BCUT2D eigenvalue weighted by Gasteiger charge is 2.37. The van der Waals surface area contributed by atoms with Crippen LogP contribution in [0.1, 0.15) is 30.8 Å². The van der Waals surface area contributed by atoms with Gasteiger partial charge in [-0.2, -0.15) is 0 Å². The van der Waals surface area contributed by atoms with Crippen LogP contribution in [-0.2, 0) is 19.1 Å². The maximum Gasteiger partial charge on any atom is 0.340 e. The fourth-order valence-corrected chi connectivity index (χ4v) is 3.86. The summed E-state index contributed by atoms with van der Waals surface area (Å²) in [5, 5.41) is 0. The molecule has 1 aromatic carbocycles. The topological polar surface area (TPSA) is 60.8 Å². The van der Waals surface area contributed by atoms with E-state index in [1.54, 1.807) is 44.1 Å². The fraction of sp³-hybridized carbons (Fsp3) is 0.333. The van der Waals surface area contributed by atoms with E-state index in [1.165, 1.54) is 12.1 Å². The van der Waals surface area contributed by atoms with E-state index in [2.05, 4.69) is 0 Å². The molecule has 6 nitrogen and oxygen atoms in total. The minimum atomic E-state index is -0.521. The SMILES string of the molecule is CCOC(=O)C1=C(C)N(CCOC)C(=O)/C1=C\c1cc(C)n(-c2ccc(F)cc2)c1C. The highest BCUT2D eigenvalue weighted by Crippen LogP contribution is 2.33. The summed E-state index contributed by atoms with van der Waals surface area (Å²) >= 11 is 0. The number of carbonyl (C=O) groups is 2. The average Bonchev–Trinajstić information content (AvgIpc) is 3.14. The van der Waals surface area contributed by atoms with E-state index in [4.69, 9.17) is 9.47 Å². The Kier molecular flexibility index (Phi) is 6.75. The molecule has 0 spiro atoms. The Hall–Kier alpha value is -3.19. The molecule has 2 heterocycles. The number of methoxy groups -OCH3 is 1. The molecule has 1 aliphatic rings. The third-order valence-corrected chi connectivity index (χ3v) is 5.37. The maximum absolute atomic E-state index is 13.3. The first-order chi connectivity index (χ1) is 14.8.